The fraction of sp³-hybridized carbons (Fsp3) is 0.850. The molecule has 0 radical (unpaired) electrons. The van der Waals surface area contributed by atoms with Crippen LogP contribution in [0.1, 0.15) is 59.3 Å². The number of hydrogen-bond donors (Lipinski definition) is 3. The van der Waals surface area contributed by atoms with E-state index < -0.39 is 29.0 Å². The molecular formula is C20H30O4. The van der Waals surface area contributed by atoms with Crippen molar-refractivity contribution in [2.24, 2.45) is 33.5 Å². The van der Waals surface area contributed by atoms with E-state index in [2.05, 4.69) is 26.0 Å². The van der Waals surface area contributed by atoms with Gasteiger partial charge in [-0.2, -0.15) is 0 Å². The third kappa shape index (κ3) is 1.74. The summed E-state index contributed by atoms with van der Waals surface area (Å²) in [6, 6.07) is 0. The van der Waals surface area contributed by atoms with Crippen molar-refractivity contribution in [2.45, 2.75) is 71.5 Å². The van der Waals surface area contributed by atoms with Crippen molar-refractivity contribution in [2.75, 3.05) is 0 Å². The average molecular weight is 334 g/mol. The molecular weight excluding hydrogens is 304 g/mol. The Balaban J connectivity index is 1.84. The van der Waals surface area contributed by atoms with Crippen LogP contribution in [0.25, 0.3) is 0 Å². The van der Waals surface area contributed by atoms with Gasteiger partial charge in [-0.15, -0.1) is 0 Å². The van der Waals surface area contributed by atoms with E-state index in [1.54, 1.807) is 0 Å². The summed E-state index contributed by atoms with van der Waals surface area (Å²) in [5.74, 6) is -0.814. The summed E-state index contributed by atoms with van der Waals surface area (Å²) in [4.78, 5) is 12.1. The molecule has 0 heterocycles. The van der Waals surface area contributed by atoms with Gasteiger partial charge in [-0.1, -0.05) is 26.0 Å². The quantitative estimate of drug-likeness (QED) is 0.644. The zero-order valence-corrected chi connectivity index (χ0v) is 15.0. The Bertz CT molecular complexity index is 615. The summed E-state index contributed by atoms with van der Waals surface area (Å²) >= 11 is 0. The summed E-state index contributed by atoms with van der Waals surface area (Å²) in [6.45, 7) is 6.19. The van der Waals surface area contributed by atoms with Crippen molar-refractivity contribution >= 4 is 5.97 Å². The SMILES string of the molecule is C[C@@]12C=C[C@@]3(C1)[C@@H](CC2)[C@]1(C)[C@@H](O)CC[C@@](C)(C(=O)O)[C@H]1C[C@@H]3O. The lowest BCUT2D eigenvalue weighted by Crippen LogP contribution is -2.67. The highest BCUT2D eigenvalue weighted by Crippen LogP contribution is 2.71. The lowest BCUT2D eigenvalue weighted by atomic mass is 9.39. The molecule has 1 spiro atoms. The van der Waals surface area contributed by atoms with Crippen LogP contribution in [0.5, 0.6) is 0 Å². The maximum absolute atomic E-state index is 12.1. The van der Waals surface area contributed by atoms with E-state index >= 15 is 0 Å². The molecule has 0 aromatic heterocycles. The molecule has 134 valence electrons. The van der Waals surface area contributed by atoms with Gasteiger partial charge in [-0.3, -0.25) is 4.79 Å². The van der Waals surface area contributed by atoms with E-state index in [4.69, 9.17) is 0 Å². The van der Waals surface area contributed by atoms with Crippen molar-refractivity contribution in [3.05, 3.63) is 12.2 Å². The first kappa shape index (κ1) is 16.6. The number of aliphatic carboxylic acids is 1. The van der Waals surface area contributed by atoms with Crippen LogP contribution in [-0.2, 0) is 4.79 Å². The first-order valence-electron chi connectivity index (χ1n) is 9.38. The van der Waals surface area contributed by atoms with E-state index in [1.165, 1.54) is 0 Å². The van der Waals surface area contributed by atoms with Gasteiger partial charge in [0.2, 0.25) is 0 Å². The predicted octanol–water partition coefficient (Wildman–Crippen LogP) is 2.98. The fourth-order valence-corrected chi connectivity index (χ4v) is 7.21. The molecule has 24 heavy (non-hydrogen) atoms. The number of allylic oxidation sites excluding steroid dienone is 1. The number of carboxylic acids is 1. The third-order valence-corrected chi connectivity index (χ3v) is 8.65. The first-order chi connectivity index (χ1) is 11.1. The lowest BCUT2D eigenvalue weighted by molar-refractivity contribution is -0.234. The largest absolute Gasteiger partial charge is 0.481 e. The minimum atomic E-state index is -0.861. The highest BCUT2D eigenvalue weighted by Gasteiger charge is 2.70. The molecule has 4 aliphatic carbocycles. The van der Waals surface area contributed by atoms with Crippen LogP contribution in [-0.4, -0.2) is 33.5 Å². The van der Waals surface area contributed by atoms with E-state index in [9.17, 15) is 20.1 Å². The standard InChI is InChI=1S/C20H30O4/c1-17-6-4-12-19(3)13(10-15(22)20(12,11-17)9-8-17)18(2,16(23)24)7-5-14(19)21/h8-9,12-15,21-22H,4-7,10-11H2,1-3H3,(H,23,24)/t12-,13+,14-,15-,17+,18+,19-,20+/m0/s1. The second-order valence-corrected chi connectivity index (χ2v) is 9.81. The molecule has 0 aromatic rings. The monoisotopic (exact) mass is 334 g/mol. The van der Waals surface area contributed by atoms with Crippen molar-refractivity contribution in [3.8, 4) is 0 Å². The Hall–Kier alpha value is -0.870. The summed E-state index contributed by atoms with van der Waals surface area (Å²) in [7, 11) is 0. The maximum atomic E-state index is 12.1. The molecule has 4 heteroatoms. The molecule has 0 saturated heterocycles. The Morgan fingerprint density at radius 2 is 1.71 bits per heavy atom. The second-order valence-electron chi connectivity index (χ2n) is 9.81. The summed E-state index contributed by atoms with van der Waals surface area (Å²) in [5.41, 5.74) is -1.44. The van der Waals surface area contributed by atoms with Gasteiger partial charge >= 0.3 is 5.97 Å². The number of rotatable bonds is 1. The molecule has 0 amide bonds. The molecule has 4 aliphatic rings. The number of aliphatic hydroxyl groups is 2. The highest BCUT2D eigenvalue weighted by molar-refractivity contribution is 5.75. The molecule has 4 rings (SSSR count). The van der Waals surface area contributed by atoms with Crippen LogP contribution in [0.15, 0.2) is 12.2 Å². The van der Waals surface area contributed by atoms with Crippen LogP contribution in [0.4, 0.5) is 0 Å². The van der Waals surface area contributed by atoms with E-state index in [-0.39, 0.29) is 22.7 Å². The number of hydrogen-bond acceptors (Lipinski definition) is 3. The van der Waals surface area contributed by atoms with Crippen LogP contribution in [0.2, 0.25) is 0 Å². The van der Waals surface area contributed by atoms with Gasteiger partial charge in [0, 0.05) is 10.8 Å². The number of aliphatic hydroxyl groups excluding tert-OH is 2. The van der Waals surface area contributed by atoms with Crippen LogP contribution < -0.4 is 0 Å². The molecule has 3 fully saturated rings. The summed E-state index contributed by atoms with van der Waals surface area (Å²) in [5, 5.41) is 32.0. The Morgan fingerprint density at radius 1 is 1.00 bits per heavy atom. The van der Waals surface area contributed by atoms with Gasteiger partial charge < -0.3 is 15.3 Å². The summed E-state index contributed by atoms with van der Waals surface area (Å²) in [6.07, 6.45) is 7.95. The van der Waals surface area contributed by atoms with Crippen LogP contribution in [0, 0.1) is 33.5 Å². The van der Waals surface area contributed by atoms with Crippen LogP contribution in [0.3, 0.4) is 0 Å². The highest BCUT2D eigenvalue weighted by atomic mass is 16.4. The van der Waals surface area contributed by atoms with Gasteiger partial charge in [-0.25, -0.2) is 0 Å². The fourth-order valence-electron chi connectivity index (χ4n) is 7.21. The van der Waals surface area contributed by atoms with Crippen molar-refractivity contribution < 1.29 is 20.1 Å². The van der Waals surface area contributed by atoms with Gasteiger partial charge in [-0.05, 0) is 62.7 Å². The maximum Gasteiger partial charge on any atom is 0.309 e. The minimum Gasteiger partial charge on any atom is -0.481 e. The van der Waals surface area contributed by atoms with Gasteiger partial charge in [0.1, 0.15) is 0 Å². The zero-order chi connectivity index (χ0) is 17.5. The van der Waals surface area contributed by atoms with E-state index in [0.717, 1.165) is 19.3 Å². The second kappa shape index (κ2) is 4.64. The molecule has 3 N–H and O–H groups in total. The van der Waals surface area contributed by atoms with E-state index in [0.29, 0.717) is 19.3 Å². The Kier molecular flexibility index (Phi) is 3.21. The third-order valence-electron chi connectivity index (χ3n) is 8.65. The van der Waals surface area contributed by atoms with Gasteiger partial charge in [0.15, 0.2) is 0 Å². The van der Waals surface area contributed by atoms with Crippen molar-refractivity contribution in [1.82, 2.24) is 0 Å². The number of carbonyl (C=O) groups is 1. The van der Waals surface area contributed by atoms with E-state index in [1.807, 2.05) is 6.92 Å². The number of carboxylic acid groups (broad SMARTS) is 1. The van der Waals surface area contributed by atoms with Crippen molar-refractivity contribution in [1.29, 1.82) is 0 Å². The molecule has 3 saturated carbocycles. The topological polar surface area (TPSA) is 77.8 Å². The molecule has 0 aliphatic heterocycles. The molecule has 4 nitrogen and oxygen atoms in total. The lowest BCUT2D eigenvalue weighted by Gasteiger charge is -2.66. The number of fused-ring (bicyclic) bond motifs is 3. The zero-order valence-electron chi connectivity index (χ0n) is 15.0. The molecule has 0 aromatic carbocycles. The average Bonchev–Trinajstić information content (AvgIpc) is 2.78. The minimum absolute atomic E-state index is 0.149. The first-order valence-corrected chi connectivity index (χ1v) is 9.38. The Labute approximate surface area is 144 Å². The molecule has 2 bridgehead atoms. The predicted molar refractivity (Wildman–Crippen MR) is 90.2 cm³/mol. The summed E-state index contributed by atoms with van der Waals surface area (Å²) < 4.78 is 0. The normalized spacial score (nSPS) is 58.9. The Morgan fingerprint density at radius 3 is 2.38 bits per heavy atom. The molecule has 0 unspecified atom stereocenters. The van der Waals surface area contributed by atoms with Crippen LogP contribution >= 0.6 is 0 Å². The smallest absolute Gasteiger partial charge is 0.309 e. The molecule has 8 atom stereocenters. The van der Waals surface area contributed by atoms with Gasteiger partial charge in [0.25, 0.3) is 0 Å². The van der Waals surface area contributed by atoms with Gasteiger partial charge in [0.05, 0.1) is 17.6 Å². The van der Waals surface area contributed by atoms with Crippen molar-refractivity contribution in [3.63, 3.8) is 0 Å².